The topological polar surface area (TPSA) is 56.3 Å². The maximum absolute atomic E-state index is 13.5. The van der Waals surface area contributed by atoms with Crippen molar-refractivity contribution in [2.45, 2.75) is 13.5 Å². The first-order chi connectivity index (χ1) is 10.2. The number of rotatable bonds is 6. The van der Waals surface area contributed by atoms with Gasteiger partial charge in [0.1, 0.15) is 5.82 Å². The second-order valence-corrected chi connectivity index (χ2v) is 4.38. The highest BCUT2D eigenvalue weighted by Crippen LogP contribution is 2.25. The standard InChI is InChI=1S/C15H18FN3O2/c1-4-17-14-8-11(9-20-2)18-15(19-14)10-5-6-12(16)13(7-10)21-3/h5-8H,4,9H2,1-3H3,(H,17,18,19). The number of benzene rings is 1. The molecule has 112 valence electrons. The SMILES string of the molecule is CCNc1cc(COC)nc(-c2ccc(F)c(OC)c2)n1. The van der Waals surface area contributed by atoms with Crippen LogP contribution in [0.25, 0.3) is 11.4 Å². The first-order valence-corrected chi connectivity index (χ1v) is 6.62. The molecule has 5 nitrogen and oxygen atoms in total. The zero-order chi connectivity index (χ0) is 15.2. The van der Waals surface area contributed by atoms with Crippen molar-refractivity contribution in [3.8, 4) is 17.1 Å². The van der Waals surface area contributed by atoms with Crippen LogP contribution in [0.4, 0.5) is 10.2 Å². The van der Waals surface area contributed by atoms with Crippen LogP contribution in [0.15, 0.2) is 24.3 Å². The summed E-state index contributed by atoms with van der Waals surface area (Å²) in [6, 6.07) is 6.38. The maximum Gasteiger partial charge on any atom is 0.165 e. The minimum absolute atomic E-state index is 0.165. The van der Waals surface area contributed by atoms with Crippen molar-refractivity contribution in [2.24, 2.45) is 0 Å². The molecule has 0 spiro atoms. The Morgan fingerprint density at radius 1 is 1.19 bits per heavy atom. The van der Waals surface area contributed by atoms with E-state index in [1.54, 1.807) is 19.2 Å². The molecule has 6 heteroatoms. The van der Waals surface area contributed by atoms with E-state index < -0.39 is 5.82 Å². The van der Waals surface area contributed by atoms with Crippen LogP contribution in [0.1, 0.15) is 12.6 Å². The van der Waals surface area contributed by atoms with E-state index in [0.29, 0.717) is 23.8 Å². The van der Waals surface area contributed by atoms with Crippen molar-refractivity contribution in [2.75, 3.05) is 26.1 Å². The Morgan fingerprint density at radius 3 is 2.67 bits per heavy atom. The molecule has 21 heavy (non-hydrogen) atoms. The summed E-state index contributed by atoms with van der Waals surface area (Å²) in [4.78, 5) is 8.85. The van der Waals surface area contributed by atoms with Crippen LogP contribution in [0.5, 0.6) is 5.75 Å². The molecule has 2 rings (SSSR count). The third kappa shape index (κ3) is 3.66. The number of anilines is 1. The molecular weight excluding hydrogens is 273 g/mol. The summed E-state index contributed by atoms with van der Waals surface area (Å²) in [5.74, 6) is 0.955. The molecule has 1 N–H and O–H groups in total. The Labute approximate surface area is 123 Å². The Bertz CT molecular complexity index is 596. The quantitative estimate of drug-likeness (QED) is 0.887. The van der Waals surface area contributed by atoms with E-state index in [9.17, 15) is 4.39 Å². The second kappa shape index (κ2) is 6.99. The molecule has 1 aromatic carbocycles. The fourth-order valence-electron chi connectivity index (χ4n) is 1.92. The maximum atomic E-state index is 13.5. The summed E-state index contributed by atoms with van der Waals surface area (Å²) in [6.45, 7) is 3.11. The van der Waals surface area contributed by atoms with E-state index >= 15 is 0 Å². The van der Waals surface area contributed by atoms with E-state index in [1.807, 2.05) is 13.0 Å². The Morgan fingerprint density at radius 2 is 2.00 bits per heavy atom. The number of hydrogen-bond donors (Lipinski definition) is 1. The van der Waals surface area contributed by atoms with Crippen LogP contribution in [-0.4, -0.2) is 30.7 Å². The first-order valence-electron chi connectivity index (χ1n) is 6.62. The van der Waals surface area contributed by atoms with Crippen molar-refractivity contribution in [3.05, 3.63) is 35.8 Å². The summed E-state index contributed by atoms with van der Waals surface area (Å²) < 4.78 is 23.6. The molecular formula is C15H18FN3O2. The third-order valence-corrected chi connectivity index (χ3v) is 2.84. The summed E-state index contributed by atoms with van der Waals surface area (Å²) in [5, 5.41) is 3.14. The predicted octanol–water partition coefficient (Wildman–Crippen LogP) is 2.87. The summed E-state index contributed by atoms with van der Waals surface area (Å²) >= 11 is 0. The molecule has 0 amide bonds. The lowest BCUT2D eigenvalue weighted by molar-refractivity contribution is 0.181. The molecule has 0 unspecified atom stereocenters. The molecule has 0 aliphatic heterocycles. The molecule has 0 radical (unpaired) electrons. The third-order valence-electron chi connectivity index (χ3n) is 2.84. The van der Waals surface area contributed by atoms with Crippen LogP contribution < -0.4 is 10.1 Å². The highest BCUT2D eigenvalue weighted by atomic mass is 19.1. The van der Waals surface area contributed by atoms with E-state index in [4.69, 9.17) is 9.47 Å². The van der Waals surface area contributed by atoms with Gasteiger partial charge in [0.2, 0.25) is 0 Å². The van der Waals surface area contributed by atoms with Gasteiger partial charge < -0.3 is 14.8 Å². The summed E-state index contributed by atoms with van der Waals surface area (Å²) in [6.07, 6.45) is 0. The van der Waals surface area contributed by atoms with E-state index in [2.05, 4.69) is 15.3 Å². The monoisotopic (exact) mass is 291 g/mol. The second-order valence-electron chi connectivity index (χ2n) is 4.38. The van der Waals surface area contributed by atoms with Crippen molar-refractivity contribution >= 4 is 5.82 Å². The molecule has 0 bridgehead atoms. The fourth-order valence-corrected chi connectivity index (χ4v) is 1.92. The molecule has 0 atom stereocenters. The van der Waals surface area contributed by atoms with Gasteiger partial charge in [-0.25, -0.2) is 14.4 Å². The largest absolute Gasteiger partial charge is 0.494 e. The van der Waals surface area contributed by atoms with Gasteiger partial charge >= 0.3 is 0 Å². The van der Waals surface area contributed by atoms with Gasteiger partial charge in [0, 0.05) is 25.3 Å². The van der Waals surface area contributed by atoms with Crippen molar-refractivity contribution in [3.63, 3.8) is 0 Å². The van der Waals surface area contributed by atoms with Gasteiger partial charge in [-0.2, -0.15) is 0 Å². The minimum atomic E-state index is -0.416. The highest BCUT2D eigenvalue weighted by molar-refractivity contribution is 5.60. The number of nitrogens with zero attached hydrogens (tertiary/aromatic N) is 2. The Balaban J connectivity index is 2.46. The first kappa shape index (κ1) is 15.2. The van der Waals surface area contributed by atoms with Crippen molar-refractivity contribution in [1.29, 1.82) is 0 Å². The molecule has 2 aromatic rings. The average molecular weight is 291 g/mol. The van der Waals surface area contributed by atoms with Crippen LogP contribution in [0.3, 0.4) is 0 Å². The summed E-state index contributed by atoms with van der Waals surface area (Å²) in [5.41, 5.74) is 1.44. The number of ether oxygens (including phenoxy) is 2. The molecule has 1 aromatic heterocycles. The molecule has 0 saturated carbocycles. The van der Waals surface area contributed by atoms with Gasteiger partial charge in [-0.3, -0.25) is 0 Å². The number of nitrogens with one attached hydrogen (secondary N) is 1. The van der Waals surface area contributed by atoms with E-state index in [0.717, 1.165) is 12.2 Å². The van der Waals surface area contributed by atoms with Gasteiger partial charge in [0.15, 0.2) is 17.4 Å². The minimum Gasteiger partial charge on any atom is -0.494 e. The Kier molecular flexibility index (Phi) is 5.05. The number of hydrogen-bond acceptors (Lipinski definition) is 5. The zero-order valence-electron chi connectivity index (χ0n) is 12.3. The van der Waals surface area contributed by atoms with Crippen molar-refractivity contribution in [1.82, 2.24) is 9.97 Å². The zero-order valence-corrected chi connectivity index (χ0v) is 12.3. The van der Waals surface area contributed by atoms with Gasteiger partial charge in [0.25, 0.3) is 0 Å². The molecule has 0 saturated heterocycles. The fraction of sp³-hybridized carbons (Fsp3) is 0.333. The van der Waals surface area contributed by atoms with Crippen LogP contribution in [0.2, 0.25) is 0 Å². The number of aromatic nitrogens is 2. The highest BCUT2D eigenvalue weighted by Gasteiger charge is 2.10. The molecule has 0 fully saturated rings. The lowest BCUT2D eigenvalue weighted by Crippen LogP contribution is -2.05. The van der Waals surface area contributed by atoms with Gasteiger partial charge in [-0.1, -0.05) is 0 Å². The lowest BCUT2D eigenvalue weighted by Gasteiger charge is -2.10. The normalized spacial score (nSPS) is 10.5. The molecule has 0 aliphatic carbocycles. The van der Waals surface area contributed by atoms with Crippen molar-refractivity contribution < 1.29 is 13.9 Å². The molecule has 0 aliphatic rings. The average Bonchev–Trinajstić information content (AvgIpc) is 2.48. The predicted molar refractivity (Wildman–Crippen MR) is 78.9 cm³/mol. The van der Waals surface area contributed by atoms with Gasteiger partial charge in [0.05, 0.1) is 19.4 Å². The number of methoxy groups -OCH3 is 2. The van der Waals surface area contributed by atoms with Gasteiger partial charge in [-0.05, 0) is 25.1 Å². The number of halogens is 1. The van der Waals surface area contributed by atoms with Gasteiger partial charge in [-0.15, -0.1) is 0 Å². The lowest BCUT2D eigenvalue weighted by atomic mass is 10.2. The van der Waals surface area contributed by atoms with Crippen LogP contribution in [-0.2, 0) is 11.3 Å². The smallest absolute Gasteiger partial charge is 0.165 e. The molecule has 1 heterocycles. The summed E-state index contributed by atoms with van der Waals surface area (Å²) in [7, 11) is 3.03. The van der Waals surface area contributed by atoms with Crippen LogP contribution in [0, 0.1) is 5.82 Å². The van der Waals surface area contributed by atoms with Crippen LogP contribution >= 0.6 is 0 Å². The van der Waals surface area contributed by atoms with E-state index in [1.165, 1.54) is 13.2 Å². The Hall–Kier alpha value is -2.21. The van der Waals surface area contributed by atoms with E-state index in [-0.39, 0.29) is 5.75 Å².